The Bertz CT molecular complexity index is 1170. The van der Waals surface area contributed by atoms with Crippen LogP contribution in [0.25, 0.3) is 16.5 Å². The molecule has 0 saturated heterocycles. The third-order valence-electron chi connectivity index (χ3n) is 4.93. The van der Waals surface area contributed by atoms with E-state index >= 15 is 0 Å². The van der Waals surface area contributed by atoms with Crippen molar-refractivity contribution in [3.05, 3.63) is 52.7 Å². The third-order valence-corrected chi connectivity index (χ3v) is 5.72. The van der Waals surface area contributed by atoms with Gasteiger partial charge in [-0.05, 0) is 37.0 Å². The van der Waals surface area contributed by atoms with E-state index in [1.54, 1.807) is 30.4 Å². The van der Waals surface area contributed by atoms with Crippen LogP contribution in [-0.4, -0.2) is 30.9 Å². The lowest BCUT2D eigenvalue weighted by Crippen LogP contribution is -2.32. The molecule has 1 amide bonds. The lowest BCUT2D eigenvalue weighted by molar-refractivity contribution is -0.113. The van der Waals surface area contributed by atoms with E-state index in [0.29, 0.717) is 34.0 Å². The number of halogens is 1. The smallest absolute Gasteiger partial charge is 0.282 e. The molecule has 1 aromatic carbocycles. The molecule has 1 aromatic heterocycles. The topological polar surface area (TPSA) is 85.2 Å². The summed E-state index contributed by atoms with van der Waals surface area (Å²) in [5.41, 5.74) is 1.77. The largest absolute Gasteiger partial charge is 0.336 e. The van der Waals surface area contributed by atoms with E-state index in [4.69, 9.17) is 11.6 Å². The summed E-state index contributed by atoms with van der Waals surface area (Å²) in [5, 5.41) is 1.15. The molecule has 0 unspecified atom stereocenters. The Morgan fingerprint density at radius 2 is 2.07 bits per heavy atom. The highest BCUT2D eigenvalue weighted by Crippen LogP contribution is 2.39. The number of hydrogen-bond acceptors (Lipinski definition) is 4. The second kappa shape index (κ2) is 6.90. The molecule has 0 bridgehead atoms. The van der Waals surface area contributed by atoms with Gasteiger partial charge in [0.1, 0.15) is 5.69 Å². The fourth-order valence-electron chi connectivity index (χ4n) is 3.57. The molecule has 1 heterocycles. The van der Waals surface area contributed by atoms with Crippen molar-refractivity contribution in [1.29, 1.82) is 0 Å². The van der Waals surface area contributed by atoms with Gasteiger partial charge in [0.15, 0.2) is 5.78 Å². The summed E-state index contributed by atoms with van der Waals surface area (Å²) in [5.74, 6) is -0.435. The Kier molecular flexibility index (Phi) is 4.67. The molecule has 4 rings (SSSR count). The summed E-state index contributed by atoms with van der Waals surface area (Å²) in [7, 11) is -3.77. The summed E-state index contributed by atoms with van der Waals surface area (Å²) in [6.45, 7) is 0.585. The minimum atomic E-state index is -3.77. The average Bonchev–Trinajstić information content (AvgIpc) is 3.36. The summed E-state index contributed by atoms with van der Waals surface area (Å²) in [6, 6.07) is 5.26. The number of hydrogen-bond donors (Lipinski definition) is 1. The Morgan fingerprint density at radius 3 is 2.71 bits per heavy atom. The van der Waals surface area contributed by atoms with E-state index in [1.807, 2.05) is 10.6 Å². The standard InChI is InChI=1S/C20H19ClN2O4S/c1-28(26,27)22-20(25)19-18(14-4-2-3-5-17(14)24)15-10-13(21)8-9-16(15)23(19)11-12-6-7-12/h2-4,8-10,12H,5-7,11H2,1H3,(H,22,25). The van der Waals surface area contributed by atoms with Crippen molar-refractivity contribution < 1.29 is 18.0 Å². The van der Waals surface area contributed by atoms with Crippen LogP contribution in [0.15, 0.2) is 36.4 Å². The van der Waals surface area contributed by atoms with Gasteiger partial charge in [0.05, 0.1) is 6.26 Å². The van der Waals surface area contributed by atoms with Crippen LogP contribution < -0.4 is 4.72 Å². The first kappa shape index (κ1) is 19.0. The number of nitrogens with one attached hydrogen (secondary N) is 1. The number of rotatable bonds is 5. The predicted octanol–water partition coefficient (Wildman–Crippen LogP) is 3.31. The predicted molar refractivity (Wildman–Crippen MR) is 109 cm³/mol. The van der Waals surface area contributed by atoms with Gasteiger partial charge < -0.3 is 4.57 Å². The van der Waals surface area contributed by atoms with E-state index in [-0.39, 0.29) is 17.9 Å². The van der Waals surface area contributed by atoms with Crippen molar-refractivity contribution in [3.63, 3.8) is 0 Å². The molecule has 1 N–H and O–H groups in total. The van der Waals surface area contributed by atoms with Crippen LogP contribution in [0.1, 0.15) is 35.3 Å². The highest BCUT2D eigenvalue weighted by atomic mass is 35.5. The molecule has 2 aromatic rings. The zero-order valence-corrected chi connectivity index (χ0v) is 16.8. The molecule has 6 nitrogen and oxygen atoms in total. The number of allylic oxidation sites excluding steroid dienone is 4. The van der Waals surface area contributed by atoms with E-state index in [0.717, 1.165) is 24.6 Å². The number of carbonyl (C=O) groups is 2. The highest BCUT2D eigenvalue weighted by Gasteiger charge is 2.32. The third kappa shape index (κ3) is 3.64. The number of benzene rings is 1. The number of fused-ring (bicyclic) bond motifs is 1. The van der Waals surface area contributed by atoms with Gasteiger partial charge in [-0.3, -0.25) is 9.59 Å². The first-order valence-electron chi connectivity index (χ1n) is 8.99. The van der Waals surface area contributed by atoms with Crippen LogP contribution in [0.4, 0.5) is 0 Å². The Labute approximate surface area is 167 Å². The van der Waals surface area contributed by atoms with Gasteiger partial charge in [-0.2, -0.15) is 0 Å². The monoisotopic (exact) mass is 418 g/mol. The van der Waals surface area contributed by atoms with Crippen molar-refractivity contribution in [2.45, 2.75) is 25.8 Å². The lowest BCUT2D eigenvalue weighted by Gasteiger charge is -2.13. The van der Waals surface area contributed by atoms with Crippen LogP contribution in [0.5, 0.6) is 0 Å². The highest BCUT2D eigenvalue weighted by molar-refractivity contribution is 7.89. The fraction of sp³-hybridized carbons (Fsp3) is 0.300. The Hall–Kier alpha value is -2.38. The molecule has 1 fully saturated rings. The van der Waals surface area contributed by atoms with Gasteiger partial charge in [0.25, 0.3) is 5.91 Å². The van der Waals surface area contributed by atoms with Crippen LogP contribution >= 0.6 is 11.6 Å². The van der Waals surface area contributed by atoms with Crippen molar-refractivity contribution >= 4 is 49.8 Å². The minimum Gasteiger partial charge on any atom is -0.336 e. The molecule has 0 spiro atoms. The maximum absolute atomic E-state index is 13.0. The number of aromatic nitrogens is 1. The summed E-state index contributed by atoms with van der Waals surface area (Å²) >= 11 is 6.21. The van der Waals surface area contributed by atoms with Crippen molar-refractivity contribution in [3.8, 4) is 0 Å². The van der Waals surface area contributed by atoms with Crippen LogP contribution in [0.3, 0.4) is 0 Å². The molecule has 0 radical (unpaired) electrons. The van der Waals surface area contributed by atoms with Crippen LogP contribution in [0, 0.1) is 5.92 Å². The molecule has 2 aliphatic rings. The Balaban J connectivity index is 2.03. The maximum Gasteiger partial charge on any atom is 0.282 e. The van der Waals surface area contributed by atoms with Crippen molar-refractivity contribution in [1.82, 2.24) is 9.29 Å². The van der Waals surface area contributed by atoms with E-state index in [1.165, 1.54) is 0 Å². The van der Waals surface area contributed by atoms with Crippen LogP contribution in [0.2, 0.25) is 5.02 Å². The van der Waals surface area contributed by atoms with Gasteiger partial charge in [-0.15, -0.1) is 0 Å². The van der Waals surface area contributed by atoms with Gasteiger partial charge in [-0.1, -0.05) is 29.8 Å². The van der Waals surface area contributed by atoms with Crippen LogP contribution in [-0.2, 0) is 21.4 Å². The molecule has 0 atom stereocenters. The van der Waals surface area contributed by atoms with E-state index in [9.17, 15) is 18.0 Å². The molecular weight excluding hydrogens is 400 g/mol. The molecule has 0 aliphatic heterocycles. The lowest BCUT2D eigenvalue weighted by atomic mass is 9.93. The number of amides is 1. The number of Topliss-reactive ketones (excluding diaryl/α,β-unsaturated/α-hetero) is 1. The van der Waals surface area contributed by atoms with Gasteiger partial charge in [-0.25, -0.2) is 13.1 Å². The van der Waals surface area contributed by atoms with Gasteiger partial charge >= 0.3 is 0 Å². The maximum atomic E-state index is 13.0. The Morgan fingerprint density at radius 1 is 1.32 bits per heavy atom. The second-order valence-corrected chi connectivity index (χ2v) is 9.46. The zero-order valence-electron chi connectivity index (χ0n) is 15.2. The zero-order chi connectivity index (χ0) is 20.1. The number of carbonyl (C=O) groups excluding carboxylic acids is 2. The van der Waals surface area contributed by atoms with Gasteiger partial charge in [0.2, 0.25) is 10.0 Å². The summed E-state index contributed by atoms with van der Waals surface area (Å²) in [4.78, 5) is 25.6. The summed E-state index contributed by atoms with van der Waals surface area (Å²) in [6.07, 6.45) is 8.46. The van der Waals surface area contributed by atoms with E-state index < -0.39 is 15.9 Å². The first-order chi connectivity index (χ1) is 13.2. The number of sulfonamides is 1. The van der Waals surface area contributed by atoms with E-state index in [2.05, 4.69) is 4.72 Å². The molecule has 2 aliphatic carbocycles. The van der Waals surface area contributed by atoms with Crippen molar-refractivity contribution in [2.24, 2.45) is 5.92 Å². The molecular formula is C20H19ClN2O4S. The molecule has 28 heavy (non-hydrogen) atoms. The number of ketones is 1. The average molecular weight is 419 g/mol. The normalized spacial score (nSPS) is 17.1. The quantitative estimate of drug-likeness (QED) is 0.807. The molecule has 146 valence electrons. The molecule has 1 saturated carbocycles. The minimum absolute atomic E-state index is 0.124. The first-order valence-corrected chi connectivity index (χ1v) is 11.3. The number of nitrogens with zero attached hydrogens (tertiary/aromatic N) is 1. The van der Waals surface area contributed by atoms with Crippen molar-refractivity contribution in [2.75, 3.05) is 6.26 Å². The SMILES string of the molecule is CS(=O)(=O)NC(=O)c1c(C2=CC=CCC2=O)c2cc(Cl)ccc2n1CC1CC1. The van der Waals surface area contributed by atoms with Gasteiger partial charge in [0, 0.05) is 40.0 Å². The fourth-order valence-corrected chi connectivity index (χ4v) is 4.17. The second-order valence-electron chi connectivity index (χ2n) is 7.28. The summed E-state index contributed by atoms with van der Waals surface area (Å²) < 4.78 is 27.3. The molecule has 8 heteroatoms.